The number of esters is 1. The molecule has 1 rings (SSSR count). The minimum absolute atomic E-state index is 0.0730. The highest BCUT2D eigenvalue weighted by Gasteiger charge is 2.25. The number of furan rings is 1. The summed E-state index contributed by atoms with van der Waals surface area (Å²) in [5.41, 5.74) is 0.147. The molecule has 0 unspecified atom stereocenters. The third kappa shape index (κ3) is 3.58. The van der Waals surface area contributed by atoms with Crippen LogP contribution in [0.3, 0.4) is 0 Å². The lowest BCUT2D eigenvalue weighted by Gasteiger charge is -2.30. The quantitative estimate of drug-likeness (QED) is 0.741. The molecule has 5 heteroatoms. The summed E-state index contributed by atoms with van der Waals surface area (Å²) < 4.78 is 10.2. The molecular weight excluding hydrogens is 246 g/mol. The summed E-state index contributed by atoms with van der Waals surface area (Å²) in [6.45, 7) is 6.33. The fraction of sp³-hybridized carbons (Fsp3) is 0.643. The Morgan fingerprint density at radius 3 is 2.58 bits per heavy atom. The van der Waals surface area contributed by atoms with Crippen molar-refractivity contribution in [1.82, 2.24) is 5.32 Å². The van der Waals surface area contributed by atoms with Crippen LogP contribution < -0.4 is 5.32 Å². The summed E-state index contributed by atoms with van der Waals surface area (Å²) in [4.78, 5) is 11.5. The zero-order chi connectivity index (χ0) is 14.5. The molecule has 0 aliphatic carbocycles. The summed E-state index contributed by atoms with van der Waals surface area (Å²) in [5.74, 6) is 0.816. The largest absolute Gasteiger partial charge is 0.465 e. The van der Waals surface area contributed by atoms with Gasteiger partial charge in [-0.2, -0.15) is 0 Å². The van der Waals surface area contributed by atoms with Crippen molar-refractivity contribution in [2.75, 3.05) is 13.7 Å². The normalized spacial score (nSPS) is 11.6. The Morgan fingerprint density at radius 2 is 2.11 bits per heavy atom. The van der Waals surface area contributed by atoms with Crippen molar-refractivity contribution >= 4 is 5.97 Å². The van der Waals surface area contributed by atoms with E-state index in [4.69, 9.17) is 4.42 Å². The molecule has 0 saturated carbocycles. The zero-order valence-electron chi connectivity index (χ0n) is 12.1. The molecule has 0 aromatic carbocycles. The van der Waals surface area contributed by atoms with Gasteiger partial charge in [0.05, 0.1) is 20.3 Å². The highest BCUT2D eigenvalue weighted by atomic mass is 16.5. The summed E-state index contributed by atoms with van der Waals surface area (Å²) in [7, 11) is 1.34. The van der Waals surface area contributed by atoms with Gasteiger partial charge in [0.15, 0.2) is 0 Å². The third-order valence-corrected chi connectivity index (χ3v) is 3.67. The molecule has 108 valence electrons. The molecule has 19 heavy (non-hydrogen) atoms. The second-order valence-corrected chi connectivity index (χ2v) is 4.67. The number of aryl methyl sites for hydroxylation is 1. The van der Waals surface area contributed by atoms with E-state index in [1.807, 2.05) is 13.8 Å². The van der Waals surface area contributed by atoms with Gasteiger partial charge in [-0.15, -0.1) is 0 Å². The molecular formula is C14H23NO4. The number of nitrogens with one attached hydrogen (secondary N) is 1. The van der Waals surface area contributed by atoms with Gasteiger partial charge in [0.2, 0.25) is 0 Å². The molecule has 0 radical (unpaired) electrons. The molecule has 5 nitrogen and oxygen atoms in total. The molecule has 1 heterocycles. The van der Waals surface area contributed by atoms with E-state index in [0.717, 1.165) is 12.8 Å². The molecule has 0 aliphatic heterocycles. The van der Waals surface area contributed by atoms with Crippen LogP contribution in [-0.4, -0.2) is 30.3 Å². The monoisotopic (exact) mass is 269 g/mol. The second kappa shape index (κ2) is 6.73. The smallest absolute Gasteiger partial charge is 0.341 e. The Balaban J connectivity index is 2.76. The number of ether oxygens (including phenoxy) is 1. The lowest BCUT2D eigenvalue weighted by Crippen LogP contribution is -2.46. The summed E-state index contributed by atoms with van der Waals surface area (Å²) in [5, 5.41) is 12.8. The molecule has 0 atom stereocenters. The van der Waals surface area contributed by atoms with Crippen molar-refractivity contribution < 1.29 is 19.1 Å². The molecule has 0 aliphatic rings. The fourth-order valence-corrected chi connectivity index (χ4v) is 2.00. The van der Waals surface area contributed by atoms with Gasteiger partial charge in [0.1, 0.15) is 17.1 Å². The topological polar surface area (TPSA) is 71.7 Å². The Morgan fingerprint density at radius 1 is 1.47 bits per heavy atom. The summed E-state index contributed by atoms with van der Waals surface area (Å²) >= 11 is 0. The number of hydrogen-bond acceptors (Lipinski definition) is 5. The van der Waals surface area contributed by atoms with Crippen LogP contribution in [0, 0.1) is 6.92 Å². The van der Waals surface area contributed by atoms with Gasteiger partial charge >= 0.3 is 5.97 Å². The van der Waals surface area contributed by atoms with Crippen LogP contribution in [0.4, 0.5) is 0 Å². The summed E-state index contributed by atoms with van der Waals surface area (Å²) in [6.07, 6.45) is 1.65. The van der Waals surface area contributed by atoms with Gasteiger partial charge in [-0.05, 0) is 25.8 Å². The van der Waals surface area contributed by atoms with E-state index >= 15 is 0 Å². The molecule has 0 fully saturated rings. The van der Waals surface area contributed by atoms with Crippen molar-refractivity contribution in [1.29, 1.82) is 0 Å². The van der Waals surface area contributed by atoms with Gasteiger partial charge in [0, 0.05) is 5.54 Å². The number of carbonyl (C=O) groups is 1. The van der Waals surface area contributed by atoms with E-state index < -0.39 is 5.97 Å². The Kier molecular flexibility index (Phi) is 5.57. The van der Waals surface area contributed by atoms with Crippen LogP contribution in [0.2, 0.25) is 0 Å². The maximum atomic E-state index is 11.5. The SMILES string of the molecule is CCC(CC)(CO)NCc1cc(C(=O)OC)c(C)o1. The minimum atomic E-state index is -0.396. The lowest BCUT2D eigenvalue weighted by molar-refractivity contribution is 0.0599. The number of methoxy groups -OCH3 is 1. The Bertz CT molecular complexity index is 413. The van der Waals surface area contributed by atoms with E-state index in [1.54, 1.807) is 13.0 Å². The first-order chi connectivity index (χ1) is 9.01. The van der Waals surface area contributed by atoms with E-state index in [2.05, 4.69) is 10.1 Å². The number of rotatable bonds is 7. The highest BCUT2D eigenvalue weighted by molar-refractivity contribution is 5.90. The first kappa shape index (κ1) is 15.7. The molecule has 2 N–H and O–H groups in total. The third-order valence-electron chi connectivity index (χ3n) is 3.67. The van der Waals surface area contributed by atoms with Crippen molar-refractivity contribution in [2.45, 2.75) is 45.7 Å². The maximum Gasteiger partial charge on any atom is 0.341 e. The number of aliphatic hydroxyl groups excluding tert-OH is 1. The molecule has 0 saturated heterocycles. The van der Waals surface area contributed by atoms with Gasteiger partial charge in [0.25, 0.3) is 0 Å². The van der Waals surface area contributed by atoms with Crippen LogP contribution in [-0.2, 0) is 11.3 Å². The van der Waals surface area contributed by atoms with E-state index in [1.165, 1.54) is 7.11 Å². The number of hydrogen-bond donors (Lipinski definition) is 2. The van der Waals surface area contributed by atoms with Crippen molar-refractivity contribution in [3.8, 4) is 0 Å². The highest BCUT2D eigenvalue weighted by Crippen LogP contribution is 2.19. The average Bonchev–Trinajstić information content (AvgIpc) is 2.81. The Hall–Kier alpha value is -1.33. The number of aliphatic hydroxyl groups is 1. The van der Waals surface area contributed by atoms with E-state index in [0.29, 0.717) is 23.6 Å². The minimum Gasteiger partial charge on any atom is -0.465 e. The average molecular weight is 269 g/mol. The van der Waals surface area contributed by atoms with Crippen LogP contribution in [0.15, 0.2) is 10.5 Å². The molecule has 0 spiro atoms. The van der Waals surface area contributed by atoms with Crippen molar-refractivity contribution in [3.05, 3.63) is 23.2 Å². The Labute approximate surface area is 113 Å². The van der Waals surface area contributed by atoms with Crippen LogP contribution >= 0.6 is 0 Å². The van der Waals surface area contributed by atoms with Crippen LogP contribution in [0.5, 0.6) is 0 Å². The molecule has 0 amide bonds. The van der Waals surface area contributed by atoms with Gasteiger partial charge < -0.3 is 19.6 Å². The van der Waals surface area contributed by atoms with Crippen LogP contribution in [0.1, 0.15) is 48.6 Å². The van der Waals surface area contributed by atoms with Gasteiger partial charge in [-0.25, -0.2) is 4.79 Å². The number of carbonyl (C=O) groups excluding carboxylic acids is 1. The molecule has 1 aromatic rings. The predicted octanol–water partition coefficient (Wildman–Crippen LogP) is 2.02. The zero-order valence-corrected chi connectivity index (χ0v) is 12.1. The van der Waals surface area contributed by atoms with Gasteiger partial charge in [-0.3, -0.25) is 0 Å². The fourth-order valence-electron chi connectivity index (χ4n) is 2.00. The standard InChI is InChI=1S/C14H23NO4/c1-5-14(6-2,9-16)15-8-11-7-12(10(3)19-11)13(17)18-4/h7,15-16H,5-6,8-9H2,1-4H3. The predicted molar refractivity (Wildman–Crippen MR) is 72.0 cm³/mol. The van der Waals surface area contributed by atoms with Crippen molar-refractivity contribution in [2.24, 2.45) is 0 Å². The molecule has 0 bridgehead atoms. The van der Waals surface area contributed by atoms with E-state index in [9.17, 15) is 9.90 Å². The van der Waals surface area contributed by atoms with E-state index in [-0.39, 0.29) is 12.1 Å². The second-order valence-electron chi connectivity index (χ2n) is 4.67. The maximum absolute atomic E-state index is 11.5. The summed E-state index contributed by atoms with van der Waals surface area (Å²) in [6, 6.07) is 1.68. The first-order valence-electron chi connectivity index (χ1n) is 6.55. The lowest BCUT2D eigenvalue weighted by atomic mass is 9.94. The van der Waals surface area contributed by atoms with Crippen LogP contribution in [0.25, 0.3) is 0 Å². The van der Waals surface area contributed by atoms with Crippen molar-refractivity contribution in [3.63, 3.8) is 0 Å². The first-order valence-corrected chi connectivity index (χ1v) is 6.55. The van der Waals surface area contributed by atoms with Gasteiger partial charge in [-0.1, -0.05) is 13.8 Å². The molecule has 1 aromatic heterocycles.